The molecule has 1 aromatic rings. The largest absolute Gasteiger partial charge is 0.292 e. The molecule has 0 saturated carbocycles. The van der Waals surface area contributed by atoms with Crippen molar-refractivity contribution in [3.8, 4) is 0 Å². The molecule has 1 heterocycles. The number of benzene rings is 1. The second kappa shape index (κ2) is 7.24. The number of hydrogen-bond acceptors (Lipinski definition) is 4. The summed E-state index contributed by atoms with van der Waals surface area (Å²) in [5.41, 5.74) is 1.35. The van der Waals surface area contributed by atoms with Crippen LogP contribution in [0.3, 0.4) is 0 Å². The van der Waals surface area contributed by atoms with Gasteiger partial charge in [0.05, 0.1) is 12.3 Å². The normalized spacial score (nSPS) is 18.8. The highest BCUT2D eigenvalue weighted by molar-refractivity contribution is 7.89. The lowest BCUT2D eigenvalue weighted by Crippen LogP contribution is -2.49. The molecule has 0 aromatic heterocycles. The average Bonchev–Trinajstić information content (AvgIpc) is 2.46. The summed E-state index contributed by atoms with van der Waals surface area (Å²) in [7, 11) is -3.48. The van der Waals surface area contributed by atoms with E-state index in [9.17, 15) is 13.2 Å². The second-order valence-electron chi connectivity index (χ2n) is 6.08. The first-order valence-electron chi connectivity index (χ1n) is 7.65. The lowest BCUT2D eigenvalue weighted by atomic mass is 9.89. The average molecular weight is 324 g/mol. The third kappa shape index (κ3) is 5.10. The molecule has 1 saturated heterocycles. The van der Waals surface area contributed by atoms with Gasteiger partial charge in [0.25, 0.3) is 0 Å². The molecule has 1 fully saturated rings. The van der Waals surface area contributed by atoms with Crippen molar-refractivity contribution in [1.82, 2.24) is 9.62 Å². The number of rotatable bonds is 5. The highest BCUT2D eigenvalue weighted by Crippen LogP contribution is 2.22. The number of likely N-dealkylation sites (tertiary alicyclic amines) is 1. The second-order valence-corrected chi connectivity index (χ2v) is 7.83. The molecule has 22 heavy (non-hydrogen) atoms. The van der Waals surface area contributed by atoms with Gasteiger partial charge in [-0.25, -0.2) is 8.42 Å². The lowest BCUT2D eigenvalue weighted by molar-refractivity contribution is -0.124. The molecule has 122 valence electrons. The topological polar surface area (TPSA) is 66.5 Å². The van der Waals surface area contributed by atoms with E-state index < -0.39 is 22.0 Å². The molecule has 6 heteroatoms. The maximum Gasteiger partial charge on any atom is 0.250 e. The van der Waals surface area contributed by atoms with Gasteiger partial charge < -0.3 is 0 Å². The van der Waals surface area contributed by atoms with Crippen LogP contribution < -0.4 is 4.72 Å². The maximum atomic E-state index is 11.9. The van der Waals surface area contributed by atoms with E-state index >= 15 is 0 Å². The molecule has 0 radical (unpaired) electrons. The summed E-state index contributed by atoms with van der Waals surface area (Å²) >= 11 is 0. The molecule has 1 atom stereocenters. The molecule has 5 nitrogen and oxygen atoms in total. The van der Waals surface area contributed by atoms with Gasteiger partial charge in [0.2, 0.25) is 15.9 Å². The van der Waals surface area contributed by atoms with E-state index in [4.69, 9.17) is 0 Å². The first kappa shape index (κ1) is 17.0. The third-order valence-corrected chi connectivity index (χ3v) is 4.80. The van der Waals surface area contributed by atoms with Gasteiger partial charge in [0.15, 0.2) is 0 Å². The summed E-state index contributed by atoms with van der Waals surface area (Å²) in [4.78, 5) is 14.0. The fourth-order valence-corrected chi connectivity index (χ4v) is 3.46. The Balaban J connectivity index is 1.82. The summed E-state index contributed by atoms with van der Waals surface area (Å²) < 4.78 is 24.3. The minimum Gasteiger partial charge on any atom is -0.292 e. The smallest absolute Gasteiger partial charge is 0.250 e. The molecule has 1 amide bonds. The van der Waals surface area contributed by atoms with Crippen LogP contribution in [0.2, 0.25) is 0 Å². The Kier molecular flexibility index (Phi) is 5.58. The van der Waals surface area contributed by atoms with Crippen molar-refractivity contribution in [2.75, 3.05) is 19.3 Å². The zero-order chi connectivity index (χ0) is 16.2. The predicted molar refractivity (Wildman–Crippen MR) is 86.9 cm³/mol. The molecule has 2 rings (SSSR count). The molecular formula is C16H24N2O3S. The number of carbonyl (C=O) groups excluding carboxylic acids is 1. The van der Waals surface area contributed by atoms with Crippen molar-refractivity contribution < 1.29 is 13.2 Å². The van der Waals surface area contributed by atoms with Gasteiger partial charge >= 0.3 is 0 Å². The van der Waals surface area contributed by atoms with Crippen molar-refractivity contribution in [2.45, 2.75) is 32.2 Å². The monoisotopic (exact) mass is 324 g/mol. The van der Waals surface area contributed by atoms with Gasteiger partial charge in [-0.3, -0.25) is 14.4 Å². The highest BCUT2D eigenvalue weighted by Gasteiger charge is 2.27. The van der Waals surface area contributed by atoms with Crippen molar-refractivity contribution >= 4 is 15.9 Å². The Labute approximate surface area is 132 Å². The van der Waals surface area contributed by atoms with E-state index in [1.54, 1.807) is 6.92 Å². The summed E-state index contributed by atoms with van der Waals surface area (Å²) in [5.74, 6) is 0.188. The molecule has 1 unspecified atom stereocenters. The summed E-state index contributed by atoms with van der Waals surface area (Å²) in [6.07, 6.45) is 4.14. The number of nitrogens with zero attached hydrogens (tertiary/aromatic N) is 1. The maximum absolute atomic E-state index is 11.9. The summed E-state index contributed by atoms with van der Waals surface area (Å²) in [5, 5.41) is 0. The zero-order valence-electron chi connectivity index (χ0n) is 13.2. The van der Waals surface area contributed by atoms with Gasteiger partial charge in [-0.1, -0.05) is 30.3 Å². The van der Waals surface area contributed by atoms with Gasteiger partial charge in [0, 0.05) is 0 Å². The van der Waals surface area contributed by atoms with Crippen LogP contribution in [-0.2, 0) is 21.2 Å². The van der Waals surface area contributed by atoms with Crippen molar-refractivity contribution in [3.63, 3.8) is 0 Å². The van der Waals surface area contributed by atoms with Gasteiger partial charge in [-0.15, -0.1) is 0 Å². The van der Waals surface area contributed by atoms with Crippen LogP contribution in [0.25, 0.3) is 0 Å². The van der Waals surface area contributed by atoms with Crippen LogP contribution in [0.4, 0.5) is 0 Å². The first-order chi connectivity index (χ1) is 10.3. The standard InChI is InChI=1S/C16H24N2O3S/c1-13(16(19)17-22(2,20)21)18-10-8-15(9-11-18)12-14-6-4-3-5-7-14/h3-7,13,15H,8-12H2,1-2H3,(H,17,19). The van der Waals surface area contributed by atoms with E-state index in [0.717, 1.165) is 38.6 Å². The molecular weight excluding hydrogens is 300 g/mol. The van der Waals surface area contributed by atoms with Crippen LogP contribution in [-0.4, -0.2) is 44.6 Å². The summed E-state index contributed by atoms with van der Waals surface area (Å²) in [6, 6.07) is 10.0. The van der Waals surface area contributed by atoms with E-state index in [-0.39, 0.29) is 0 Å². The first-order valence-corrected chi connectivity index (χ1v) is 9.54. The number of nitrogens with one attached hydrogen (secondary N) is 1. The Bertz CT molecular complexity index is 593. The SMILES string of the molecule is CC(C(=O)NS(C)(=O)=O)N1CCC(Cc2ccccc2)CC1. The van der Waals surface area contributed by atoms with Crippen LogP contribution in [0.5, 0.6) is 0 Å². The van der Waals surface area contributed by atoms with Crippen LogP contribution in [0.1, 0.15) is 25.3 Å². The molecule has 1 aliphatic heterocycles. The fraction of sp³-hybridized carbons (Fsp3) is 0.562. The van der Waals surface area contributed by atoms with Crippen LogP contribution >= 0.6 is 0 Å². The van der Waals surface area contributed by atoms with Crippen LogP contribution in [0.15, 0.2) is 30.3 Å². The highest BCUT2D eigenvalue weighted by atomic mass is 32.2. The van der Waals surface area contributed by atoms with Crippen molar-refractivity contribution in [2.24, 2.45) is 5.92 Å². The van der Waals surface area contributed by atoms with E-state index in [0.29, 0.717) is 5.92 Å². The van der Waals surface area contributed by atoms with Crippen molar-refractivity contribution in [1.29, 1.82) is 0 Å². The fourth-order valence-electron chi connectivity index (χ4n) is 2.93. The number of piperidine rings is 1. The van der Waals surface area contributed by atoms with E-state index in [1.165, 1.54) is 5.56 Å². The molecule has 1 aromatic carbocycles. The van der Waals surface area contributed by atoms with Gasteiger partial charge in [0.1, 0.15) is 0 Å². The summed E-state index contributed by atoms with van der Waals surface area (Å²) in [6.45, 7) is 3.42. The molecule has 0 spiro atoms. The molecule has 0 bridgehead atoms. The zero-order valence-corrected chi connectivity index (χ0v) is 14.0. The number of hydrogen-bond donors (Lipinski definition) is 1. The van der Waals surface area contributed by atoms with Gasteiger partial charge in [-0.2, -0.15) is 0 Å². The third-order valence-electron chi connectivity index (χ3n) is 4.23. The Hall–Kier alpha value is -1.40. The number of amides is 1. The van der Waals surface area contributed by atoms with E-state index in [1.807, 2.05) is 6.07 Å². The minimum absolute atomic E-state index is 0.410. The predicted octanol–water partition coefficient (Wildman–Crippen LogP) is 1.41. The molecule has 1 aliphatic rings. The molecule has 0 aliphatic carbocycles. The number of carbonyl (C=O) groups is 1. The Morgan fingerprint density at radius 1 is 1.27 bits per heavy atom. The lowest BCUT2D eigenvalue weighted by Gasteiger charge is -2.35. The number of sulfonamides is 1. The Morgan fingerprint density at radius 2 is 1.86 bits per heavy atom. The Morgan fingerprint density at radius 3 is 2.41 bits per heavy atom. The quantitative estimate of drug-likeness (QED) is 0.889. The molecule has 1 N–H and O–H groups in total. The minimum atomic E-state index is -3.48. The van der Waals surface area contributed by atoms with Gasteiger partial charge in [-0.05, 0) is 50.8 Å². The van der Waals surface area contributed by atoms with Crippen LogP contribution in [0, 0.1) is 5.92 Å². The van der Waals surface area contributed by atoms with E-state index in [2.05, 4.69) is 33.9 Å². The van der Waals surface area contributed by atoms with Crippen molar-refractivity contribution in [3.05, 3.63) is 35.9 Å².